The van der Waals surface area contributed by atoms with Gasteiger partial charge in [0, 0.05) is 6.42 Å². The first-order valence-electron chi connectivity index (χ1n) is 12.1. The Morgan fingerprint density at radius 1 is 0.875 bits per heavy atom. The van der Waals surface area contributed by atoms with Crippen molar-refractivity contribution in [3.8, 4) is 28.8 Å². The maximum Gasteiger partial charge on any atom is 0.417 e. The van der Waals surface area contributed by atoms with Crippen LogP contribution in [0.4, 0.5) is 26.3 Å². The molecule has 0 unspecified atom stereocenters. The lowest BCUT2D eigenvalue weighted by atomic mass is 9.95. The van der Waals surface area contributed by atoms with Crippen LogP contribution in [0, 0.1) is 25.2 Å². The van der Waals surface area contributed by atoms with Crippen LogP contribution in [-0.2, 0) is 25.3 Å². The fraction of sp³-hybridized carbons (Fsp3) is 0.200. The van der Waals surface area contributed by atoms with Gasteiger partial charge < -0.3 is 9.30 Å². The van der Waals surface area contributed by atoms with Gasteiger partial charge in [0.25, 0.3) is 5.56 Å². The van der Waals surface area contributed by atoms with Gasteiger partial charge in [-0.15, -0.1) is 0 Å². The van der Waals surface area contributed by atoms with Gasteiger partial charge in [-0.05, 0) is 78.1 Å². The number of fused-ring (bicyclic) bond motifs is 2. The normalized spacial score (nSPS) is 12.8. The van der Waals surface area contributed by atoms with E-state index >= 15 is 0 Å². The van der Waals surface area contributed by atoms with E-state index in [1.54, 1.807) is 12.1 Å². The number of alkyl halides is 6. The second-order valence-electron chi connectivity index (χ2n) is 9.67. The van der Waals surface area contributed by atoms with Crippen LogP contribution in [0.3, 0.4) is 0 Å². The van der Waals surface area contributed by atoms with E-state index in [1.165, 1.54) is 24.3 Å². The van der Waals surface area contributed by atoms with Crippen molar-refractivity contribution >= 4 is 0 Å². The second-order valence-corrected chi connectivity index (χ2v) is 9.67. The number of pyridine rings is 1. The van der Waals surface area contributed by atoms with E-state index in [0.29, 0.717) is 16.7 Å². The predicted octanol–water partition coefficient (Wildman–Crippen LogP) is 7.79. The summed E-state index contributed by atoms with van der Waals surface area (Å²) in [5.74, 6) is 0.295. The number of hydrogen-bond acceptors (Lipinski definition) is 3. The Morgan fingerprint density at radius 3 is 2.27 bits per heavy atom. The first-order chi connectivity index (χ1) is 18.8. The summed E-state index contributed by atoms with van der Waals surface area (Å²) in [6.45, 7) is 3.63. The smallest absolute Gasteiger partial charge is 0.417 e. The Bertz CT molecular complexity index is 1760. The third-order valence-electron chi connectivity index (χ3n) is 6.90. The number of nitrogens with zero attached hydrogens (tertiary/aromatic N) is 2. The quantitative estimate of drug-likeness (QED) is 0.214. The molecule has 204 valence electrons. The van der Waals surface area contributed by atoms with Crippen LogP contribution in [0.25, 0.3) is 11.3 Å². The molecule has 2 heterocycles. The minimum atomic E-state index is -4.95. The van der Waals surface area contributed by atoms with Crippen LogP contribution in [-0.4, -0.2) is 4.57 Å². The summed E-state index contributed by atoms with van der Waals surface area (Å²) in [6.07, 6.45) is -9.33. The molecule has 0 N–H and O–H groups in total. The third-order valence-corrected chi connectivity index (χ3v) is 6.90. The zero-order valence-electron chi connectivity index (χ0n) is 21.2. The molecule has 0 spiro atoms. The van der Waals surface area contributed by atoms with Crippen LogP contribution in [0.2, 0.25) is 0 Å². The molecule has 5 rings (SSSR count). The van der Waals surface area contributed by atoms with E-state index in [0.717, 1.165) is 33.9 Å². The molecule has 0 amide bonds. The number of aromatic nitrogens is 1. The highest BCUT2D eigenvalue weighted by Crippen LogP contribution is 2.42. The summed E-state index contributed by atoms with van der Waals surface area (Å²) in [4.78, 5) is 13.3. The molecule has 0 saturated heterocycles. The van der Waals surface area contributed by atoms with E-state index in [-0.39, 0.29) is 35.7 Å². The minimum Gasteiger partial charge on any atom is -0.457 e. The lowest BCUT2D eigenvalue weighted by Gasteiger charge is -2.23. The molecule has 0 saturated carbocycles. The fourth-order valence-electron chi connectivity index (χ4n) is 4.84. The number of aryl methyl sites for hydroxylation is 2. The second kappa shape index (κ2) is 9.59. The van der Waals surface area contributed by atoms with Crippen molar-refractivity contribution in [2.75, 3.05) is 0 Å². The largest absolute Gasteiger partial charge is 0.457 e. The van der Waals surface area contributed by atoms with E-state index in [2.05, 4.69) is 0 Å². The first kappa shape index (κ1) is 27.1. The molecule has 0 fully saturated rings. The monoisotopic (exact) mass is 554 g/mol. The maximum absolute atomic E-state index is 13.9. The van der Waals surface area contributed by atoms with Gasteiger partial charge in [0.15, 0.2) is 0 Å². The van der Waals surface area contributed by atoms with Crippen LogP contribution in [0.1, 0.15) is 44.5 Å². The molecule has 4 aromatic rings. The number of hydrogen-bond donors (Lipinski definition) is 0. The summed E-state index contributed by atoms with van der Waals surface area (Å²) in [5, 5.41) is 9.48. The van der Waals surface area contributed by atoms with Gasteiger partial charge in [-0.2, -0.15) is 31.6 Å². The Kier molecular flexibility index (Phi) is 6.49. The van der Waals surface area contributed by atoms with Crippen molar-refractivity contribution in [1.82, 2.24) is 4.57 Å². The summed E-state index contributed by atoms with van der Waals surface area (Å²) < 4.78 is 88.1. The zero-order valence-corrected chi connectivity index (χ0v) is 21.2. The Labute approximate surface area is 224 Å². The summed E-state index contributed by atoms with van der Waals surface area (Å²) in [7, 11) is 0. The zero-order chi connectivity index (χ0) is 29.0. The number of rotatable bonds is 3. The molecule has 1 aliphatic rings. The van der Waals surface area contributed by atoms with Crippen LogP contribution in [0.15, 0.2) is 65.5 Å². The highest BCUT2D eigenvalue weighted by atomic mass is 19.4. The van der Waals surface area contributed by atoms with Gasteiger partial charge >= 0.3 is 12.4 Å². The predicted molar refractivity (Wildman–Crippen MR) is 135 cm³/mol. The standard InChI is InChI=1S/C30H20F6N2O2/c1-16-3-4-20(17(2)9-16)15-38-25(13-24(30(34,35)36)23(14-37)28(38)39)18-6-8-26-21(10-18)11-19-5-7-22(29(31,32)33)12-27(19)40-26/h3-10,12-13H,11,15H2,1-2H3. The van der Waals surface area contributed by atoms with E-state index in [1.807, 2.05) is 26.0 Å². The SMILES string of the molecule is Cc1ccc(Cn2c(-c3ccc4c(c3)Cc3ccc(C(F)(F)F)cc3O4)cc(C(F)(F)F)c(C#N)c2=O)c(C)c1. The minimum absolute atomic E-state index is 0.0413. The molecule has 1 aromatic heterocycles. The van der Waals surface area contributed by atoms with Crippen LogP contribution >= 0.6 is 0 Å². The third kappa shape index (κ3) is 4.95. The van der Waals surface area contributed by atoms with Gasteiger partial charge in [-0.25, -0.2) is 0 Å². The van der Waals surface area contributed by atoms with Gasteiger partial charge in [0.05, 0.1) is 23.4 Å². The average molecular weight is 554 g/mol. The molecule has 0 radical (unpaired) electrons. The first-order valence-corrected chi connectivity index (χ1v) is 12.1. The number of ether oxygens (including phenoxy) is 1. The molecular weight excluding hydrogens is 534 g/mol. The van der Waals surface area contributed by atoms with Crippen molar-refractivity contribution in [3.05, 3.63) is 116 Å². The van der Waals surface area contributed by atoms with Gasteiger partial charge in [0.2, 0.25) is 0 Å². The highest BCUT2D eigenvalue weighted by Gasteiger charge is 2.37. The molecule has 0 atom stereocenters. The lowest BCUT2D eigenvalue weighted by Crippen LogP contribution is -2.29. The van der Waals surface area contributed by atoms with Crippen molar-refractivity contribution < 1.29 is 31.1 Å². The van der Waals surface area contributed by atoms with Crippen LogP contribution in [0.5, 0.6) is 11.5 Å². The van der Waals surface area contributed by atoms with Crippen molar-refractivity contribution in [2.24, 2.45) is 0 Å². The maximum atomic E-state index is 13.9. The summed E-state index contributed by atoms with van der Waals surface area (Å²) in [6, 6.07) is 15.3. The van der Waals surface area contributed by atoms with Crippen molar-refractivity contribution in [2.45, 2.75) is 39.2 Å². The molecule has 4 nitrogen and oxygen atoms in total. The topological polar surface area (TPSA) is 55.0 Å². The van der Waals surface area contributed by atoms with Crippen LogP contribution < -0.4 is 10.3 Å². The Morgan fingerprint density at radius 2 is 1.62 bits per heavy atom. The lowest BCUT2D eigenvalue weighted by molar-refractivity contribution is -0.138. The Balaban J connectivity index is 1.65. The highest BCUT2D eigenvalue weighted by molar-refractivity contribution is 5.67. The molecule has 10 heteroatoms. The molecular formula is C30H20F6N2O2. The molecule has 3 aromatic carbocycles. The number of halogens is 6. The summed E-state index contributed by atoms with van der Waals surface area (Å²) >= 11 is 0. The van der Waals surface area contributed by atoms with Gasteiger partial charge in [-0.3, -0.25) is 4.79 Å². The molecule has 0 bridgehead atoms. The average Bonchev–Trinajstić information content (AvgIpc) is 2.87. The number of benzene rings is 3. The Hall–Kier alpha value is -4.52. The van der Waals surface area contributed by atoms with E-state index in [9.17, 15) is 36.4 Å². The van der Waals surface area contributed by atoms with Gasteiger partial charge in [0.1, 0.15) is 23.1 Å². The number of nitriles is 1. The summed E-state index contributed by atoms with van der Waals surface area (Å²) in [5.41, 5.74) is -0.608. The molecule has 40 heavy (non-hydrogen) atoms. The van der Waals surface area contributed by atoms with Gasteiger partial charge in [-0.1, -0.05) is 29.8 Å². The molecule has 1 aliphatic heterocycles. The van der Waals surface area contributed by atoms with E-state index in [4.69, 9.17) is 4.74 Å². The van der Waals surface area contributed by atoms with Crippen molar-refractivity contribution in [3.63, 3.8) is 0 Å². The van der Waals surface area contributed by atoms with Crippen molar-refractivity contribution in [1.29, 1.82) is 5.26 Å². The molecule has 0 aliphatic carbocycles. The van der Waals surface area contributed by atoms with E-state index < -0.39 is 34.6 Å². The fourth-order valence-corrected chi connectivity index (χ4v) is 4.84.